The molecule has 0 heteroatoms. The van der Waals surface area contributed by atoms with Crippen LogP contribution in [0.4, 0.5) is 0 Å². The van der Waals surface area contributed by atoms with Gasteiger partial charge in [-0.05, 0) is 43.2 Å². The maximum absolute atomic E-state index is 2.49. The van der Waals surface area contributed by atoms with E-state index in [1.54, 1.807) is 16.7 Å². The van der Waals surface area contributed by atoms with Gasteiger partial charge < -0.3 is 0 Å². The summed E-state index contributed by atoms with van der Waals surface area (Å²) < 4.78 is 0. The molecule has 16 heavy (non-hydrogen) atoms. The largest absolute Gasteiger partial charge is 0.0850 e. The van der Waals surface area contributed by atoms with Crippen molar-refractivity contribution in [2.24, 2.45) is 0 Å². The lowest BCUT2D eigenvalue weighted by Gasteiger charge is -2.18. The Morgan fingerprint density at radius 3 is 2.69 bits per heavy atom. The van der Waals surface area contributed by atoms with E-state index in [0.717, 1.165) is 0 Å². The number of hydrogen-bond acceptors (Lipinski definition) is 0. The number of fused-ring (bicyclic) bond motifs is 1. The van der Waals surface area contributed by atoms with E-state index in [1.165, 1.54) is 44.9 Å². The number of aryl methyl sites for hydroxylation is 1. The molecule has 1 aromatic rings. The van der Waals surface area contributed by atoms with Crippen molar-refractivity contribution in [2.45, 2.75) is 51.9 Å². The molecular formula is C16H22. The van der Waals surface area contributed by atoms with Gasteiger partial charge in [-0.1, -0.05) is 55.7 Å². The first-order chi connectivity index (χ1) is 7.90. The van der Waals surface area contributed by atoms with E-state index in [0.29, 0.717) is 0 Å². The minimum atomic E-state index is 1.20. The van der Waals surface area contributed by atoms with Crippen LogP contribution in [-0.2, 0) is 12.8 Å². The first-order valence-corrected chi connectivity index (χ1v) is 6.65. The Bertz CT molecular complexity index is 360. The van der Waals surface area contributed by atoms with E-state index in [1.807, 2.05) is 0 Å². The highest BCUT2D eigenvalue weighted by Crippen LogP contribution is 2.25. The van der Waals surface area contributed by atoms with Crippen molar-refractivity contribution in [2.75, 3.05) is 0 Å². The molecule has 0 amide bonds. The summed E-state index contributed by atoms with van der Waals surface area (Å²) in [5, 5.41) is 0. The van der Waals surface area contributed by atoms with E-state index in [9.17, 15) is 0 Å². The Kier molecular flexibility index (Phi) is 4.21. The van der Waals surface area contributed by atoms with Gasteiger partial charge in [0.05, 0.1) is 0 Å². The fourth-order valence-corrected chi connectivity index (χ4v) is 2.48. The first kappa shape index (κ1) is 11.4. The zero-order valence-electron chi connectivity index (χ0n) is 10.3. The molecule has 1 aliphatic carbocycles. The van der Waals surface area contributed by atoms with Gasteiger partial charge in [0.1, 0.15) is 0 Å². The summed E-state index contributed by atoms with van der Waals surface area (Å²) in [6.07, 6.45) is 11.6. The highest BCUT2D eigenvalue weighted by Gasteiger charge is 2.11. The highest BCUT2D eigenvalue weighted by molar-refractivity contribution is 5.35. The Labute approximate surface area is 99.4 Å². The summed E-state index contributed by atoms with van der Waals surface area (Å²) in [5.74, 6) is 0. The quantitative estimate of drug-likeness (QED) is 0.504. The monoisotopic (exact) mass is 214 g/mol. The van der Waals surface area contributed by atoms with Crippen LogP contribution in [0.5, 0.6) is 0 Å². The molecule has 0 spiro atoms. The van der Waals surface area contributed by atoms with E-state index < -0.39 is 0 Å². The van der Waals surface area contributed by atoms with Gasteiger partial charge in [0.15, 0.2) is 0 Å². The number of rotatable bonds is 4. The molecule has 0 radical (unpaired) electrons. The Balaban J connectivity index is 1.92. The summed E-state index contributed by atoms with van der Waals surface area (Å²) in [6.45, 7) is 2.27. The molecule has 0 unspecified atom stereocenters. The molecule has 0 atom stereocenters. The summed E-state index contributed by atoms with van der Waals surface area (Å²) in [4.78, 5) is 0. The standard InChI is InChI=1S/C16H22/c1-2-3-4-5-8-14-11-12-15-9-6-7-10-16(15)13-14/h6-10H,2-5,11-13H2,1H3/b14-8-. The third kappa shape index (κ3) is 2.98. The van der Waals surface area contributed by atoms with Gasteiger partial charge >= 0.3 is 0 Å². The predicted octanol–water partition coefficient (Wildman–Crippen LogP) is 4.68. The first-order valence-electron chi connectivity index (χ1n) is 6.65. The average Bonchev–Trinajstić information content (AvgIpc) is 2.34. The van der Waals surface area contributed by atoms with Crippen molar-refractivity contribution in [3.05, 3.63) is 47.0 Å². The number of benzene rings is 1. The van der Waals surface area contributed by atoms with Gasteiger partial charge in [0.25, 0.3) is 0 Å². The Morgan fingerprint density at radius 2 is 1.88 bits per heavy atom. The molecule has 2 rings (SSSR count). The van der Waals surface area contributed by atoms with E-state index in [4.69, 9.17) is 0 Å². The summed E-state index contributed by atoms with van der Waals surface area (Å²) in [6, 6.07) is 8.89. The predicted molar refractivity (Wildman–Crippen MR) is 70.7 cm³/mol. The lowest BCUT2D eigenvalue weighted by Crippen LogP contribution is -2.05. The second kappa shape index (κ2) is 5.89. The molecule has 0 saturated carbocycles. The molecular weight excluding hydrogens is 192 g/mol. The average molecular weight is 214 g/mol. The Morgan fingerprint density at radius 1 is 1.06 bits per heavy atom. The SMILES string of the molecule is CCCCC/C=C1/CCc2ccccc2C1. The molecule has 0 fully saturated rings. The lowest BCUT2D eigenvalue weighted by atomic mass is 9.87. The van der Waals surface area contributed by atoms with Gasteiger partial charge in [0.2, 0.25) is 0 Å². The van der Waals surface area contributed by atoms with Crippen LogP contribution in [-0.4, -0.2) is 0 Å². The molecule has 0 bridgehead atoms. The van der Waals surface area contributed by atoms with E-state index >= 15 is 0 Å². The normalized spacial score (nSPS) is 17.4. The zero-order valence-corrected chi connectivity index (χ0v) is 10.3. The zero-order chi connectivity index (χ0) is 11.2. The third-order valence-electron chi connectivity index (χ3n) is 3.49. The van der Waals surface area contributed by atoms with E-state index in [-0.39, 0.29) is 0 Å². The number of allylic oxidation sites excluding steroid dienone is 2. The van der Waals surface area contributed by atoms with Crippen LogP contribution in [0, 0.1) is 0 Å². The number of hydrogen-bond donors (Lipinski definition) is 0. The molecule has 0 aromatic heterocycles. The van der Waals surface area contributed by atoms with Crippen molar-refractivity contribution >= 4 is 0 Å². The summed E-state index contributed by atoms with van der Waals surface area (Å²) in [7, 11) is 0. The van der Waals surface area contributed by atoms with E-state index in [2.05, 4.69) is 37.3 Å². The smallest absolute Gasteiger partial charge is 0.00643 e. The van der Waals surface area contributed by atoms with Crippen molar-refractivity contribution in [3.63, 3.8) is 0 Å². The molecule has 1 aliphatic rings. The maximum Gasteiger partial charge on any atom is -0.00643 e. The fraction of sp³-hybridized carbons (Fsp3) is 0.500. The topological polar surface area (TPSA) is 0 Å². The number of unbranched alkanes of at least 4 members (excludes halogenated alkanes) is 3. The minimum Gasteiger partial charge on any atom is -0.0850 e. The maximum atomic E-state index is 2.49. The second-order valence-electron chi connectivity index (χ2n) is 4.80. The summed E-state index contributed by atoms with van der Waals surface area (Å²) in [5.41, 5.74) is 4.78. The Hall–Kier alpha value is -1.04. The van der Waals surface area contributed by atoms with Crippen LogP contribution in [0.3, 0.4) is 0 Å². The highest BCUT2D eigenvalue weighted by atomic mass is 14.2. The lowest BCUT2D eigenvalue weighted by molar-refractivity contribution is 0.720. The third-order valence-corrected chi connectivity index (χ3v) is 3.49. The van der Waals surface area contributed by atoms with Crippen LogP contribution in [0.15, 0.2) is 35.9 Å². The molecule has 1 aromatic carbocycles. The van der Waals surface area contributed by atoms with Crippen LogP contribution < -0.4 is 0 Å². The van der Waals surface area contributed by atoms with Crippen LogP contribution in [0.1, 0.15) is 50.2 Å². The fourth-order valence-electron chi connectivity index (χ4n) is 2.48. The molecule has 0 N–H and O–H groups in total. The van der Waals surface area contributed by atoms with Crippen molar-refractivity contribution in [1.82, 2.24) is 0 Å². The molecule has 0 nitrogen and oxygen atoms in total. The van der Waals surface area contributed by atoms with Gasteiger partial charge in [0, 0.05) is 0 Å². The van der Waals surface area contributed by atoms with Crippen molar-refractivity contribution < 1.29 is 0 Å². The molecule has 0 saturated heterocycles. The van der Waals surface area contributed by atoms with Crippen LogP contribution in [0.25, 0.3) is 0 Å². The van der Waals surface area contributed by atoms with Gasteiger partial charge in [-0.15, -0.1) is 0 Å². The van der Waals surface area contributed by atoms with Gasteiger partial charge in [-0.25, -0.2) is 0 Å². The van der Waals surface area contributed by atoms with Gasteiger partial charge in [-0.2, -0.15) is 0 Å². The molecule has 86 valence electrons. The van der Waals surface area contributed by atoms with Crippen LogP contribution in [0.2, 0.25) is 0 Å². The van der Waals surface area contributed by atoms with Crippen molar-refractivity contribution in [3.8, 4) is 0 Å². The molecule has 0 heterocycles. The second-order valence-corrected chi connectivity index (χ2v) is 4.80. The molecule has 0 aliphatic heterocycles. The minimum absolute atomic E-state index is 1.20. The van der Waals surface area contributed by atoms with Crippen molar-refractivity contribution in [1.29, 1.82) is 0 Å². The van der Waals surface area contributed by atoms with Gasteiger partial charge in [-0.3, -0.25) is 0 Å². The van der Waals surface area contributed by atoms with Crippen LogP contribution >= 0.6 is 0 Å². The summed E-state index contributed by atoms with van der Waals surface area (Å²) >= 11 is 0.